The predicted octanol–water partition coefficient (Wildman–Crippen LogP) is 5.93. The molecule has 4 aromatic rings. The number of nitrogens with one attached hydrogen (secondary N) is 1. The van der Waals surface area contributed by atoms with Gasteiger partial charge in [-0.1, -0.05) is 48.0 Å². The third kappa shape index (κ3) is 5.19. The van der Waals surface area contributed by atoms with Crippen LogP contribution in [0.2, 0.25) is 0 Å². The number of nitro benzene ring substituents is 1. The number of anilines is 1. The fraction of sp³-hybridized carbons (Fsp3) is 0.0385. The summed E-state index contributed by atoms with van der Waals surface area (Å²) < 4.78 is 25.8. The molecule has 8 heteroatoms. The number of nitro groups is 1. The Morgan fingerprint density at radius 1 is 0.794 bits per heavy atom. The summed E-state index contributed by atoms with van der Waals surface area (Å²) in [4.78, 5) is 15.1. The fourth-order valence-electron chi connectivity index (χ4n) is 3.25. The number of hydrogen-bond acceptors (Lipinski definition) is 5. The van der Waals surface area contributed by atoms with Gasteiger partial charge in [0, 0.05) is 23.4 Å². The molecule has 0 unspecified atom stereocenters. The van der Waals surface area contributed by atoms with Crippen molar-refractivity contribution in [1.29, 1.82) is 0 Å². The molecule has 0 heterocycles. The first kappa shape index (κ1) is 22.9. The Balaban J connectivity index is 1.61. The van der Waals surface area contributed by atoms with Crippen molar-refractivity contribution in [3.05, 3.63) is 124 Å². The summed E-state index contributed by atoms with van der Waals surface area (Å²) in [5.41, 5.74) is 3.30. The van der Waals surface area contributed by atoms with E-state index < -0.39 is 14.8 Å². The van der Waals surface area contributed by atoms with Crippen LogP contribution >= 0.6 is 0 Å². The van der Waals surface area contributed by atoms with Gasteiger partial charge in [0.15, 0.2) is 0 Å². The smallest absolute Gasteiger partial charge is 0.269 e. The van der Waals surface area contributed by atoms with Crippen molar-refractivity contribution in [3.8, 4) is 0 Å². The fourth-order valence-corrected chi connectivity index (χ4v) is 4.51. The molecular formula is C26H21N3O4S. The van der Waals surface area contributed by atoms with Crippen molar-refractivity contribution in [1.82, 2.24) is 0 Å². The van der Waals surface area contributed by atoms with E-state index in [-0.39, 0.29) is 15.5 Å². The van der Waals surface area contributed by atoms with Crippen molar-refractivity contribution in [2.24, 2.45) is 4.99 Å². The van der Waals surface area contributed by atoms with Gasteiger partial charge in [0.2, 0.25) is 9.84 Å². The van der Waals surface area contributed by atoms with E-state index in [1.807, 2.05) is 61.5 Å². The largest absolute Gasteiger partial charge is 0.340 e. The molecule has 0 atom stereocenters. The van der Waals surface area contributed by atoms with Crippen LogP contribution in [-0.2, 0) is 9.84 Å². The van der Waals surface area contributed by atoms with Gasteiger partial charge in [-0.3, -0.25) is 10.1 Å². The minimum absolute atomic E-state index is 0.00952. The molecule has 0 saturated heterocycles. The summed E-state index contributed by atoms with van der Waals surface area (Å²) in [6.07, 6.45) is 0. The summed E-state index contributed by atoms with van der Waals surface area (Å²) in [5, 5.41) is 14.1. The number of hydrogen-bond donors (Lipinski definition) is 1. The number of sulfone groups is 1. The second kappa shape index (κ2) is 9.68. The highest BCUT2D eigenvalue weighted by Gasteiger charge is 2.19. The zero-order valence-electron chi connectivity index (χ0n) is 18.3. The summed E-state index contributed by atoms with van der Waals surface area (Å²) >= 11 is 0. The standard InChI is InChI=1S/C26H21N3O4S/c1-19-7-9-21(10-8-19)27-26(20-5-3-2-4-6-20)28-22-11-15-24(16-12-22)34(32,33)25-17-13-23(14-18-25)29(30)31/h2-18H,1H3,(H,27,28). The van der Waals surface area contributed by atoms with E-state index in [1.54, 1.807) is 12.1 Å². The second-order valence-corrected chi connectivity index (χ2v) is 9.52. The zero-order valence-corrected chi connectivity index (χ0v) is 19.1. The molecule has 4 aromatic carbocycles. The molecular weight excluding hydrogens is 450 g/mol. The molecule has 0 amide bonds. The second-order valence-electron chi connectivity index (χ2n) is 7.57. The number of non-ortho nitro benzene ring substituents is 1. The van der Waals surface area contributed by atoms with E-state index in [0.717, 1.165) is 16.8 Å². The van der Waals surface area contributed by atoms with E-state index in [1.165, 1.54) is 36.4 Å². The van der Waals surface area contributed by atoms with E-state index in [0.29, 0.717) is 11.5 Å². The average Bonchev–Trinajstić information content (AvgIpc) is 2.86. The summed E-state index contributed by atoms with van der Waals surface area (Å²) in [7, 11) is -3.81. The maximum Gasteiger partial charge on any atom is 0.269 e. The highest BCUT2D eigenvalue weighted by atomic mass is 32.2. The van der Waals surface area contributed by atoms with Crippen LogP contribution < -0.4 is 5.32 Å². The molecule has 7 nitrogen and oxygen atoms in total. The van der Waals surface area contributed by atoms with E-state index >= 15 is 0 Å². The average molecular weight is 472 g/mol. The molecule has 0 radical (unpaired) electrons. The van der Waals surface area contributed by atoms with Gasteiger partial charge in [-0.25, -0.2) is 13.4 Å². The van der Waals surface area contributed by atoms with Crippen LogP contribution in [0.4, 0.5) is 17.1 Å². The molecule has 0 fully saturated rings. The minimum Gasteiger partial charge on any atom is -0.340 e. The van der Waals surface area contributed by atoms with Gasteiger partial charge >= 0.3 is 0 Å². The maximum atomic E-state index is 12.9. The van der Waals surface area contributed by atoms with Gasteiger partial charge in [-0.05, 0) is 55.5 Å². The van der Waals surface area contributed by atoms with E-state index in [4.69, 9.17) is 4.99 Å². The number of benzene rings is 4. The van der Waals surface area contributed by atoms with Crippen LogP contribution in [-0.4, -0.2) is 19.2 Å². The third-order valence-electron chi connectivity index (χ3n) is 5.11. The first-order chi connectivity index (χ1) is 16.3. The van der Waals surface area contributed by atoms with Gasteiger partial charge < -0.3 is 5.32 Å². The predicted molar refractivity (Wildman–Crippen MR) is 132 cm³/mol. The number of aryl methyl sites for hydroxylation is 1. The molecule has 4 rings (SSSR count). The van der Waals surface area contributed by atoms with Crippen molar-refractivity contribution in [2.75, 3.05) is 5.32 Å². The maximum absolute atomic E-state index is 12.9. The Labute approximate surface area is 197 Å². The van der Waals surface area contributed by atoms with Crippen LogP contribution in [0.15, 0.2) is 118 Å². The number of nitrogens with zero attached hydrogens (tertiary/aromatic N) is 2. The normalized spacial score (nSPS) is 11.7. The van der Waals surface area contributed by atoms with Gasteiger partial charge in [0.25, 0.3) is 5.69 Å². The third-order valence-corrected chi connectivity index (χ3v) is 6.89. The first-order valence-corrected chi connectivity index (χ1v) is 11.9. The van der Waals surface area contributed by atoms with E-state index in [2.05, 4.69) is 5.32 Å². The highest BCUT2D eigenvalue weighted by Crippen LogP contribution is 2.25. The Hall–Kier alpha value is -4.30. The molecule has 0 aliphatic heterocycles. The van der Waals surface area contributed by atoms with Crippen LogP contribution in [0.1, 0.15) is 11.1 Å². The van der Waals surface area contributed by atoms with Crippen LogP contribution in [0, 0.1) is 17.0 Å². The molecule has 170 valence electrons. The van der Waals surface area contributed by atoms with Crippen LogP contribution in [0.5, 0.6) is 0 Å². The monoisotopic (exact) mass is 471 g/mol. The summed E-state index contributed by atoms with van der Waals surface area (Å²) in [6.45, 7) is 2.01. The molecule has 0 aliphatic rings. The van der Waals surface area contributed by atoms with Gasteiger partial charge in [0.05, 0.1) is 20.4 Å². The minimum atomic E-state index is -3.81. The Kier molecular flexibility index (Phi) is 6.51. The molecule has 34 heavy (non-hydrogen) atoms. The molecule has 0 saturated carbocycles. The molecule has 0 aliphatic carbocycles. The molecule has 0 aromatic heterocycles. The zero-order chi connectivity index (χ0) is 24.1. The van der Waals surface area contributed by atoms with Gasteiger partial charge in [0.1, 0.15) is 5.84 Å². The Morgan fingerprint density at radius 3 is 1.91 bits per heavy atom. The van der Waals surface area contributed by atoms with Crippen LogP contribution in [0.25, 0.3) is 0 Å². The van der Waals surface area contributed by atoms with Crippen molar-refractivity contribution >= 4 is 32.7 Å². The lowest BCUT2D eigenvalue weighted by Gasteiger charge is -2.12. The highest BCUT2D eigenvalue weighted by molar-refractivity contribution is 7.91. The van der Waals surface area contributed by atoms with Crippen molar-refractivity contribution in [3.63, 3.8) is 0 Å². The van der Waals surface area contributed by atoms with Crippen LogP contribution in [0.3, 0.4) is 0 Å². The lowest BCUT2D eigenvalue weighted by molar-refractivity contribution is -0.384. The summed E-state index contributed by atoms with van der Waals surface area (Å²) in [5.74, 6) is 0.621. The van der Waals surface area contributed by atoms with Crippen molar-refractivity contribution < 1.29 is 13.3 Å². The molecule has 0 spiro atoms. The Bertz CT molecular complexity index is 1430. The lowest BCUT2D eigenvalue weighted by atomic mass is 10.2. The number of amidine groups is 1. The first-order valence-electron chi connectivity index (χ1n) is 10.4. The van der Waals surface area contributed by atoms with Gasteiger partial charge in [-0.15, -0.1) is 0 Å². The quantitative estimate of drug-likeness (QED) is 0.163. The number of aliphatic imine (C=N–C) groups is 1. The lowest BCUT2D eigenvalue weighted by Crippen LogP contribution is -2.13. The van der Waals surface area contributed by atoms with Gasteiger partial charge in [-0.2, -0.15) is 0 Å². The topological polar surface area (TPSA) is 102 Å². The molecule has 0 bridgehead atoms. The van der Waals surface area contributed by atoms with Crippen molar-refractivity contribution in [2.45, 2.75) is 16.7 Å². The number of rotatable bonds is 6. The SMILES string of the molecule is Cc1ccc(N=C(Nc2ccc(S(=O)(=O)c3ccc([N+](=O)[O-])cc3)cc2)c2ccccc2)cc1. The van der Waals surface area contributed by atoms with E-state index in [9.17, 15) is 18.5 Å². The summed E-state index contributed by atoms with van der Waals surface area (Å²) in [6, 6.07) is 28.6. The Morgan fingerprint density at radius 2 is 1.35 bits per heavy atom. The molecule has 1 N–H and O–H groups in total.